The molecular formula is C16H30N2O3. The third kappa shape index (κ3) is 9.32. The van der Waals surface area contributed by atoms with Gasteiger partial charge in [0, 0.05) is 13.1 Å². The molecule has 0 radical (unpaired) electrons. The van der Waals surface area contributed by atoms with Crippen LogP contribution in [0, 0.1) is 0 Å². The van der Waals surface area contributed by atoms with Crippen LogP contribution in [0.1, 0.15) is 70.6 Å². The lowest BCUT2D eigenvalue weighted by molar-refractivity contribution is -0.123. The average molecular weight is 298 g/mol. The van der Waals surface area contributed by atoms with Gasteiger partial charge in [-0.15, -0.1) is 0 Å². The first-order valence-electron chi connectivity index (χ1n) is 8.36. The van der Waals surface area contributed by atoms with Crippen LogP contribution in [0.25, 0.3) is 0 Å². The largest absolute Gasteiger partial charge is 0.439 e. The summed E-state index contributed by atoms with van der Waals surface area (Å²) in [5.41, 5.74) is 0. The van der Waals surface area contributed by atoms with E-state index in [0.29, 0.717) is 0 Å². The quantitative estimate of drug-likeness (QED) is 0.841. The zero-order valence-electron chi connectivity index (χ0n) is 13.3. The van der Waals surface area contributed by atoms with E-state index in [0.717, 1.165) is 25.7 Å². The zero-order chi connectivity index (χ0) is 15.3. The molecule has 1 aliphatic rings. The molecular weight excluding hydrogens is 268 g/mol. The fraction of sp³-hybridized carbons (Fsp3) is 0.875. The van der Waals surface area contributed by atoms with Crippen molar-refractivity contribution in [2.75, 3.05) is 13.7 Å². The van der Waals surface area contributed by atoms with Crippen molar-refractivity contribution in [3.63, 3.8) is 0 Å². The Labute approximate surface area is 128 Å². The molecule has 5 heteroatoms. The monoisotopic (exact) mass is 298 g/mol. The number of carbonyl (C=O) groups excluding carboxylic acids is 2. The van der Waals surface area contributed by atoms with E-state index in [1.165, 1.54) is 52.0 Å². The third-order valence-electron chi connectivity index (χ3n) is 4.04. The second kappa shape index (κ2) is 11.4. The van der Waals surface area contributed by atoms with Crippen LogP contribution < -0.4 is 10.6 Å². The highest BCUT2D eigenvalue weighted by atomic mass is 16.6. The fourth-order valence-electron chi connectivity index (χ4n) is 2.72. The molecule has 122 valence electrons. The number of carbonyl (C=O) groups is 2. The molecule has 0 aliphatic heterocycles. The molecule has 0 atom stereocenters. The van der Waals surface area contributed by atoms with Gasteiger partial charge in [0.15, 0.2) is 6.61 Å². The summed E-state index contributed by atoms with van der Waals surface area (Å²) in [7, 11) is 1.52. The van der Waals surface area contributed by atoms with Gasteiger partial charge in [-0.1, -0.05) is 57.8 Å². The van der Waals surface area contributed by atoms with Gasteiger partial charge >= 0.3 is 6.09 Å². The van der Waals surface area contributed by atoms with E-state index in [4.69, 9.17) is 4.74 Å². The van der Waals surface area contributed by atoms with E-state index in [1.807, 2.05) is 0 Å². The molecule has 0 aromatic carbocycles. The number of hydrogen-bond acceptors (Lipinski definition) is 3. The summed E-state index contributed by atoms with van der Waals surface area (Å²) >= 11 is 0. The van der Waals surface area contributed by atoms with Crippen LogP contribution in [0.3, 0.4) is 0 Å². The van der Waals surface area contributed by atoms with Crippen LogP contribution in [0.2, 0.25) is 0 Å². The molecule has 21 heavy (non-hydrogen) atoms. The SMILES string of the molecule is CNC(=O)COC(=O)NC1CCCCCCCCCCC1. The van der Waals surface area contributed by atoms with Crippen molar-refractivity contribution >= 4 is 12.0 Å². The van der Waals surface area contributed by atoms with Crippen molar-refractivity contribution in [2.24, 2.45) is 0 Å². The first-order valence-corrected chi connectivity index (χ1v) is 8.36. The molecule has 0 bridgehead atoms. The Bertz CT molecular complexity index is 296. The van der Waals surface area contributed by atoms with E-state index >= 15 is 0 Å². The van der Waals surface area contributed by atoms with E-state index in [-0.39, 0.29) is 18.6 Å². The van der Waals surface area contributed by atoms with Gasteiger partial charge in [-0.25, -0.2) is 4.79 Å². The highest BCUT2D eigenvalue weighted by molar-refractivity contribution is 5.79. The maximum Gasteiger partial charge on any atom is 0.407 e. The highest BCUT2D eigenvalue weighted by Gasteiger charge is 2.14. The Morgan fingerprint density at radius 1 is 0.905 bits per heavy atom. The van der Waals surface area contributed by atoms with Gasteiger partial charge in [0.05, 0.1) is 0 Å². The van der Waals surface area contributed by atoms with Gasteiger partial charge < -0.3 is 15.4 Å². The molecule has 0 aromatic rings. The molecule has 5 nitrogen and oxygen atoms in total. The Morgan fingerprint density at radius 3 is 1.86 bits per heavy atom. The Balaban J connectivity index is 2.29. The minimum absolute atomic E-state index is 0.182. The molecule has 1 rings (SSSR count). The van der Waals surface area contributed by atoms with Gasteiger partial charge in [-0.2, -0.15) is 0 Å². The van der Waals surface area contributed by atoms with Crippen molar-refractivity contribution in [3.05, 3.63) is 0 Å². The molecule has 0 saturated heterocycles. The van der Waals surface area contributed by atoms with Crippen molar-refractivity contribution in [1.29, 1.82) is 0 Å². The van der Waals surface area contributed by atoms with Gasteiger partial charge in [0.1, 0.15) is 0 Å². The number of hydrogen-bond donors (Lipinski definition) is 2. The van der Waals surface area contributed by atoms with E-state index in [2.05, 4.69) is 10.6 Å². The summed E-state index contributed by atoms with van der Waals surface area (Å²) in [6.07, 6.45) is 13.0. The van der Waals surface area contributed by atoms with E-state index in [9.17, 15) is 9.59 Å². The Kier molecular flexibility index (Phi) is 9.66. The number of rotatable bonds is 3. The summed E-state index contributed by atoms with van der Waals surface area (Å²) in [5, 5.41) is 5.34. The molecule has 0 unspecified atom stereocenters. The molecule has 1 fully saturated rings. The second-order valence-corrected chi connectivity index (χ2v) is 5.85. The maximum absolute atomic E-state index is 11.7. The van der Waals surface area contributed by atoms with Crippen LogP contribution >= 0.6 is 0 Å². The smallest absolute Gasteiger partial charge is 0.407 e. The Hall–Kier alpha value is -1.26. The standard InChI is InChI=1S/C16H30N2O3/c1-17-15(19)13-21-16(20)18-14-11-9-7-5-3-2-4-6-8-10-12-14/h14H,2-13H2,1H3,(H,17,19)(H,18,20). The van der Waals surface area contributed by atoms with Gasteiger partial charge in [-0.3, -0.25) is 4.79 Å². The van der Waals surface area contributed by atoms with Crippen LogP contribution in [0.4, 0.5) is 4.79 Å². The normalized spacial score (nSPS) is 18.9. The Morgan fingerprint density at radius 2 is 1.38 bits per heavy atom. The number of amides is 2. The molecule has 1 aliphatic carbocycles. The first kappa shape index (κ1) is 17.8. The summed E-state index contributed by atoms with van der Waals surface area (Å²) < 4.78 is 4.91. The zero-order valence-corrected chi connectivity index (χ0v) is 13.3. The minimum Gasteiger partial charge on any atom is -0.439 e. The first-order chi connectivity index (χ1) is 10.2. The van der Waals surface area contributed by atoms with Gasteiger partial charge in [-0.05, 0) is 12.8 Å². The van der Waals surface area contributed by atoms with Crippen molar-refractivity contribution in [3.8, 4) is 0 Å². The molecule has 0 spiro atoms. The summed E-state index contributed by atoms with van der Waals surface area (Å²) in [6, 6.07) is 0.182. The minimum atomic E-state index is -0.476. The van der Waals surface area contributed by atoms with E-state index in [1.54, 1.807) is 0 Å². The molecule has 0 heterocycles. The number of ether oxygens (including phenoxy) is 1. The third-order valence-corrected chi connectivity index (χ3v) is 4.04. The lowest BCUT2D eigenvalue weighted by Crippen LogP contribution is -2.37. The molecule has 2 amide bonds. The lowest BCUT2D eigenvalue weighted by Gasteiger charge is -2.19. The second-order valence-electron chi connectivity index (χ2n) is 5.85. The fourth-order valence-corrected chi connectivity index (χ4v) is 2.72. The van der Waals surface area contributed by atoms with Gasteiger partial charge in [0.2, 0.25) is 0 Å². The average Bonchev–Trinajstić information content (AvgIpc) is 2.47. The van der Waals surface area contributed by atoms with Crippen LogP contribution in [-0.4, -0.2) is 31.7 Å². The maximum atomic E-state index is 11.7. The van der Waals surface area contributed by atoms with Crippen LogP contribution in [-0.2, 0) is 9.53 Å². The summed E-state index contributed by atoms with van der Waals surface area (Å²) in [4.78, 5) is 22.7. The van der Waals surface area contributed by atoms with Crippen molar-refractivity contribution in [2.45, 2.75) is 76.7 Å². The molecule has 0 aromatic heterocycles. The van der Waals surface area contributed by atoms with Crippen molar-refractivity contribution < 1.29 is 14.3 Å². The number of likely N-dealkylation sites (N-methyl/N-ethyl adjacent to an activating group) is 1. The van der Waals surface area contributed by atoms with Crippen LogP contribution in [0.5, 0.6) is 0 Å². The number of nitrogens with one attached hydrogen (secondary N) is 2. The highest BCUT2D eigenvalue weighted by Crippen LogP contribution is 2.17. The van der Waals surface area contributed by atoms with Gasteiger partial charge in [0.25, 0.3) is 5.91 Å². The van der Waals surface area contributed by atoms with Crippen molar-refractivity contribution in [1.82, 2.24) is 10.6 Å². The predicted molar refractivity (Wildman–Crippen MR) is 83.1 cm³/mol. The molecule has 2 N–H and O–H groups in total. The topological polar surface area (TPSA) is 67.4 Å². The lowest BCUT2D eigenvalue weighted by atomic mass is 9.98. The van der Waals surface area contributed by atoms with E-state index < -0.39 is 6.09 Å². The summed E-state index contributed by atoms with van der Waals surface area (Å²) in [5.74, 6) is -0.288. The predicted octanol–water partition coefficient (Wildman–Crippen LogP) is 3.13. The summed E-state index contributed by atoms with van der Waals surface area (Å²) in [6.45, 7) is -0.213. The number of alkyl carbamates (subject to hydrolysis) is 1. The van der Waals surface area contributed by atoms with Crippen LogP contribution in [0.15, 0.2) is 0 Å². The molecule has 1 saturated carbocycles.